The number of likely N-dealkylation sites (tertiary alicyclic amines) is 1. The highest BCUT2D eigenvalue weighted by Crippen LogP contribution is 2.23. The number of amides is 4. The molecule has 1 fully saturated rings. The van der Waals surface area contributed by atoms with E-state index in [2.05, 4.69) is 10.6 Å². The highest BCUT2D eigenvalue weighted by atomic mass is 16.2. The number of piperidine rings is 1. The summed E-state index contributed by atoms with van der Waals surface area (Å²) in [7, 11) is 0. The first kappa shape index (κ1) is 16.8. The van der Waals surface area contributed by atoms with Crippen molar-refractivity contribution in [2.75, 3.05) is 10.6 Å². The second-order valence-corrected chi connectivity index (χ2v) is 5.86. The lowest BCUT2D eigenvalue weighted by Gasteiger charge is -2.38. The van der Waals surface area contributed by atoms with E-state index in [9.17, 15) is 14.4 Å². The Hall–Kier alpha value is -2.57. The summed E-state index contributed by atoms with van der Waals surface area (Å²) in [5.41, 5.74) is 6.02. The lowest BCUT2D eigenvalue weighted by molar-refractivity contribution is -0.147. The number of nitrogens with one attached hydrogen (secondary N) is 2. The molecule has 0 saturated carbocycles. The van der Waals surface area contributed by atoms with Gasteiger partial charge >= 0.3 is 17.8 Å². The summed E-state index contributed by atoms with van der Waals surface area (Å²) in [6.45, 7) is 3.93. The normalized spacial score (nSPS) is 20.7. The summed E-state index contributed by atoms with van der Waals surface area (Å²) in [5, 5.41) is 5.01. The average molecular weight is 318 g/mol. The molecule has 7 nitrogen and oxygen atoms in total. The number of carbonyl (C=O) groups is 3. The SMILES string of the molecule is C[C@@H]1CCC[C@@H](C)N1C(=O)C(=O)Nc1ccc(NC(N)=O)cc1. The predicted octanol–water partition coefficient (Wildman–Crippen LogP) is 1.91. The van der Waals surface area contributed by atoms with E-state index in [1.165, 1.54) is 0 Å². The largest absolute Gasteiger partial charge is 0.351 e. The Morgan fingerprint density at radius 1 is 1.00 bits per heavy atom. The molecule has 0 aromatic heterocycles. The van der Waals surface area contributed by atoms with Crippen LogP contribution in [0.1, 0.15) is 33.1 Å². The Morgan fingerprint density at radius 3 is 1.96 bits per heavy atom. The first-order valence-electron chi connectivity index (χ1n) is 7.68. The third-order valence-electron chi connectivity index (χ3n) is 4.03. The summed E-state index contributed by atoms with van der Waals surface area (Å²) < 4.78 is 0. The van der Waals surface area contributed by atoms with Crippen molar-refractivity contribution in [1.82, 2.24) is 4.90 Å². The molecule has 1 heterocycles. The number of benzene rings is 1. The number of rotatable bonds is 2. The zero-order valence-corrected chi connectivity index (χ0v) is 13.3. The highest BCUT2D eigenvalue weighted by Gasteiger charge is 2.32. The molecule has 1 aromatic rings. The van der Waals surface area contributed by atoms with E-state index in [-0.39, 0.29) is 12.1 Å². The second-order valence-electron chi connectivity index (χ2n) is 5.86. The Morgan fingerprint density at radius 2 is 1.48 bits per heavy atom. The standard InChI is InChI=1S/C16H22N4O3/c1-10-4-3-5-11(2)20(10)15(22)14(21)18-12-6-8-13(9-7-12)19-16(17)23/h6-11H,3-5H2,1-2H3,(H,18,21)(H3,17,19,23)/t10-,11-/m1/s1. The van der Waals surface area contributed by atoms with Crippen LogP contribution in [0.3, 0.4) is 0 Å². The van der Waals surface area contributed by atoms with Gasteiger partial charge < -0.3 is 21.3 Å². The molecule has 0 spiro atoms. The molecule has 2 rings (SSSR count). The van der Waals surface area contributed by atoms with Crippen LogP contribution in [0.5, 0.6) is 0 Å². The van der Waals surface area contributed by atoms with Gasteiger partial charge in [-0.2, -0.15) is 0 Å². The Bertz CT molecular complexity index is 590. The van der Waals surface area contributed by atoms with Gasteiger partial charge in [0.2, 0.25) is 0 Å². The van der Waals surface area contributed by atoms with Gasteiger partial charge in [-0.25, -0.2) is 4.79 Å². The van der Waals surface area contributed by atoms with E-state index in [1.807, 2.05) is 13.8 Å². The topological polar surface area (TPSA) is 105 Å². The van der Waals surface area contributed by atoms with Crippen molar-refractivity contribution in [2.24, 2.45) is 5.73 Å². The van der Waals surface area contributed by atoms with Gasteiger partial charge in [0, 0.05) is 23.5 Å². The number of primary amides is 1. The minimum atomic E-state index is -0.662. The fraction of sp³-hybridized carbons (Fsp3) is 0.438. The van der Waals surface area contributed by atoms with Crippen LogP contribution >= 0.6 is 0 Å². The molecule has 0 unspecified atom stereocenters. The maximum Gasteiger partial charge on any atom is 0.316 e. The van der Waals surface area contributed by atoms with Crippen LogP contribution in [0.25, 0.3) is 0 Å². The molecule has 23 heavy (non-hydrogen) atoms. The molecule has 4 N–H and O–H groups in total. The van der Waals surface area contributed by atoms with E-state index in [0.29, 0.717) is 11.4 Å². The number of carbonyl (C=O) groups excluding carboxylic acids is 3. The van der Waals surface area contributed by atoms with Gasteiger partial charge in [0.05, 0.1) is 0 Å². The fourth-order valence-corrected chi connectivity index (χ4v) is 2.90. The van der Waals surface area contributed by atoms with Gasteiger partial charge in [-0.3, -0.25) is 9.59 Å². The van der Waals surface area contributed by atoms with Crippen LogP contribution < -0.4 is 16.4 Å². The quantitative estimate of drug-likeness (QED) is 0.725. The zero-order valence-electron chi connectivity index (χ0n) is 13.3. The highest BCUT2D eigenvalue weighted by molar-refractivity contribution is 6.39. The van der Waals surface area contributed by atoms with Crippen LogP contribution in [0, 0.1) is 0 Å². The Labute approximate surface area is 135 Å². The van der Waals surface area contributed by atoms with Crippen molar-refractivity contribution in [2.45, 2.75) is 45.2 Å². The first-order chi connectivity index (χ1) is 10.9. The minimum absolute atomic E-state index is 0.0687. The molecule has 1 aromatic carbocycles. The molecule has 1 aliphatic rings. The van der Waals surface area contributed by atoms with E-state index >= 15 is 0 Å². The van der Waals surface area contributed by atoms with E-state index in [1.54, 1.807) is 29.2 Å². The molecule has 0 aliphatic carbocycles. The van der Waals surface area contributed by atoms with Gasteiger partial charge in [0.25, 0.3) is 0 Å². The number of urea groups is 1. The van der Waals surface area contributed by atoms with Crippen molar-refractivity contribution in [1.29, 1.82) is 0 Å². The first-order valence-corrected chi connectivity index (χ1v) is 7.68. The van der Waals surface area contributed by atoms with Crippen LogP contribution in [-0.2, 0) is 9.59 Å². The summed E-state index contributed by atoms with van der Waals surface area (Å²) in [4.78, 5) is 37.0. The lowest BCUT2D eigenvalue weighted by atomic mass is 9.97. The minimum Gasteiger partial charge on any atom is -0.351 e. The van der Waals surface area contributed by atoms with Crippen molar-refractivity contribution in [3.8, 4) is 0 Å². The molecule has 1 saturated heterocycles. The molecule has 4 amide bonds. The fourth-order valence-electron chi connectivity index (χ4n) is 2.90. The van der Waals surface area contributed by atoms with Crippen molar-refractivity contribution >= 4 is 29.2 Å². The van der Waals surface area contributed by atoms with Gasteiger partial charge in [0.1, 0.15) is 0 Å². The van der Waals surface area contributed by atoms with Gasteiger partial charge in [0.15, 0.2) is 0 Å². The lowest BCUT2D eigenvalue weighted by Crippen LogP contribution is -2.51. The summed E-state index contributed by atoms with van der Waals surface area (Å²) in [6.07, 6.45) is 2.90. The summed E-state index contributed by atoms with van der Waals surface area (Å²) in [6, 6.07) is 5.86. The van der Waals surface area contributed by atoms with Crippen LogP contribution in [0.4, 0.5) is 16.2 Å². The van der Waals surface area contributed by atoms with E-state index < -0.39 is 17.8 Å². The monoisotopic (exact) mass is 318 g/mol. The van der Waals surface area contributed by atoms with E-state index in [0.717, 1.165) is 19.3 Å². The van der Waals surface area contributed by atoms with Crippen LogP contribution in [-0.4, -0.2) is 34.8 Å². The van der Waals surface area contributed by atoms with Crippen molar-refractivity contribution in [3.05, 3.63) is 24.3 Å². The zero-order chi connectivity index (χ0) is 17.0. The summed E-state index contributed by atoms with van der Waals surface area (Å²) in [5.74, 6) is -1.16. The smallest absolute Gasteiger partial charge is 0.316 e. The molecule has 1 aliphatic heterocycles. The second kappa shape index (κ2) is 7.13. The number of nitrogens with zero attached hydrogens (tertiary/aromatic N) is 1. The molecular weight excluding hydrogens is 296 g/mol. The van der Waals surface area contributed by atoms with Gasteiger partial charge in [-0.05, 0) is 57.4 Å². The van der Waals surface area contributed by atoms with Gasteiger partial charge in [-0.1, -0.05) is 0 Å². The van der Waals surface area contributed by atoms with Crippen LogP contribution in [0.2, 0.25) is 0 Å². The molecule has 0 radical (unpaired) electrons. The van der Waals surface area contributed by atoms with E-state index in [4.69, 9.17) is 5.73 Å². The maximum absolute atomic E-state index is 12.4. The third-order valence-corrected chi connectivity index (χ3v) is 4.03. The Kier molecular flexibility index (Phi) is 5.20. The number of hydrogen-bond donors (Lipinski definition) is 3. The Balaban J connectivity index is 2.00. The molecular formula is C16H22N4O3. The molecule has 0 bridgehead atoms. The third kappa shape index (κ3) is 4.21. The average Bonchev–Trinajstić information content (AvgIpc) is 2.48. The molecule has 7 heteroatoms. The number of anilines is 2. The number of hydrogen-bond acceptors (Lipinski definition) is 3. The van der Waals surface area contributed by atoms with Crippen LogP contribution in [0.15, 0.2) is 24.3 Å². The molecule has 2 atom stereocenters. The van der Waals surface area contributed by atoms with Gasteiger partial charge in [-0.15, -0.1) is 0 Å². The number of nitrogens with two attached hydrogens (primary N) is 1. The maximum atomic E-state index is 12.4. The van der Waals surface area contributed by atoms with Crippen molar-refractivity contribution < 1.29 is 14.4 Å². The van der Waals surface area contributed by atoms with Crippen molar-refractivity contribution in [3.63, 3.8) is 0 Å². The predicted molar refractivity (Wildman–Crippen MR) is 87.9 cm³/mol. The summed E-state index contributed by atoms with van der Waals surface area (Å²) >= 11 is 0. The molecule has 124 valence electrons.